The highest BCUT2D eigenvalue weighted by Crippen LogP contribution is 2.44. The number of hydrogen-bond acceptors (Lipinski definition) is 5. The SMILES string of the molecule is COc1ccc2c(CCCc3ccc(OC(F)(F)F)cc3)c3[n+](cc2c1OC)CCc1cc2c(cc1-3)OCO2. The van der Waals surface area contributed by atoms with Crippen molar-refractivity contribution in [3.63, 3.8) is 0 Å². The Morgan fingerprint density at radius 3 is 2.38 bits per heavy atom. The average molecular weight is 539 g/mol. The van der Waals surface area contributed by atoms with Crippen molar-refractivity contribution in [3.8, 4) is 40.0 Å². The van der Waals surface area contributed by atoms with Gasteiger partial charge in [0.25, 0.3) is 0 Å². The van der Waals surface area contributed by atoms with E-state index in [1.807, 2.05) is 6.07 Å². The standard InChI is InChI=1S/C30H27F3NO5/c1-35-25-11-10-21-22(5-3-4-18-6-8-20(9-7-18)39-30(31,32)33)28-23-15-27-26(37-17-38-27)14-19(23)12-13-34(28)16-24(21)29(25)36-2/h6-11,14-16H,3-5,12-13,17H2,1-2H3/q+1. The molecule has 0 amide bonds. The molecule has 202 valence electrons. The lowest BCUT2D eigenvalue weighted by atomic mass is 9.89. The second kappa shape index (κ2) is 9.87. The molecule has 2 aliphatic heterocycles. The maximum absolute atomic E-state index is 12.5. The summed E-state index contributed by atoms with van der Waals surface area (Å²) >= 11 is 0. The summed E-state index contributed by atoms with van der Waals surface area (Å²) in [5.41, 5.74) is 5.56. The van der Waals surface area contributed by atoms with Crippen LogP contribution in [-0.2, 0) is 25.8 Å². The van der Waals surface area contributed by atoms with E-state index in [1.54, 1.807) is 26.4 Å². The second-order valence-corrected chi connectivity index (χ2v) is 9.57. The molecule has 3 aromatic carbocycles. The Balaban J connectivity index is 1.39. The van der Waals surface area contributed by atoms with Crippen molar-refractivity contribution in [2.24, 2.45) is 0 Å². The first kappa shape index (κ1) is 25.2. The lowest BCUT2D eigenvalue weighted by Crippen LogP contribution is -2.41. The number of methoxy groups -OCH3 is 2. The minimum absolute atomic E-state index is 0.215. The number of hydrogen-bond donors (Lipinski definition) is 0. The molecule has 39 heavy (non-hydrogen) atoms. The van der Waals surface area contributed by atoms with Gasteiger partial charge in [0.1, 0.15) is 5.75 Å². The molecule has 0 unspecified atom stereocenters. The third kappa shape index (κ3) is 4.77. The molecule has 0 spiro atoms. The van der Waals surface area contributed by atoms with Gasteiger partial charge in [0.05, 0.1) is 25.2 Å². The van der Waals surface area contributed by atoms with Crippen LogP contribution in [0.1, 0.15) is 23.1 Å². The van der Waals surface area contributed by atoms with E-state index in [2.05, 4.69) is 33.7 Å². The van der Waals surface area contributed by atoms with Crippen LogP contribution in [-0.4, -0.2) is 27.4 Å². The minimum Gasteiger partial charge on any atom is -0.493 e. The van der Waals surface area contributed by atoms with Gasteiger partial charge < -0.3 is 23.7 Å². The molecule has 0 fully saturated rings. The Hall–Kier alpha value is -4.14. The molecule has 3 heterocycles. The Labute approximate surface area is 223 Å². The van der Waals surface area contributed by atoms with Crippen LogP contribution in [0, 0.1) is 0 Å². The molecule has 6 rings (SSSR count). The number of rotatable bonds is 7. The molecule has 0 aliphatic carbocycles. The zero-order chi connectivity index (χ0) is 27.1. The van der Waals surface area contributed by atoms with E-state index >= 15 is 0 Å². The molecule has 6 nitrogen and oxygen atoms in total. The highest BCUT2D eigenvalue weighted by Gasteiger charge is 2.33. The number of pyridine rings is 1. The smallest absolute Gasteiger partial charge is 0.493 e. The number of halogens is 3. The van der Waals surface area contributed by atoms with Gasteiger partial charge in [0.15, 0.2) is 35.7 Å². The van der Waals surface area contributed by atoms with E-state index in [4.69, 9.17) is 18.9 Å². The van der Waals surface area contributed by atoms with Crippen LogP contribution in [0.4, 0.5) is 13.2 Å². The number of benzene rings is 3. The lowest BCUT2D eigenvalue weighted by Gasteiger charge is -2.21. The summed E-state index contributed by atoms with van der Waals surface area (Å²) in [6.45, 7) is 1.01. The third-order valence-electron chi connectivity index (χ3n) is 7.29. The van der Waals surface area contributed by atoms with Crippen molar-refractivity contribution < 1.29 is 41.4 Å². The molecule has 2 aliphatic rings. The van der Waals surface area contributed by atoms with Gasteiger partial charge in [-0.2, -0.15) is 4.57 Å². The van der Waals surface area contributed by atoms with Gasteiger partial charge in [-0.05, 0) is 66.8 Å². The van der Waals surface area contributed by atoms with E-state index in [1.165, 1.54) is 23.3 Å². The van der Waals surface area contributed by atoms with Crippen molar-refractivity contribution in [2.45, 2.75) is 38.6 Å². The summed E-state index contributed by atoms with van der Waals surface area (Å²) in [6, 6.07) is 14.2. The summed E-state index contributed by atoms with van der Waals surface area (Å²) in [5.74, 6) is 2.64. The Morgan fingerprint density at radius 2 is 1.67 bits per heavy atom. The van der Waals surface area contributed by atoms with Gasteiger partial charge in [-0.25, -0.2) is 0 Å². The first-order valence-corrected chi connectivity index (χ1v) is 12.7. The summed E-state index contributed by atoms with van der Waals surface area (Å²) in [5, 5.41) is 2.03. The lowest BCUT2D eigenvalue weighted by molar-refractivity contribution is -0.686. The third-order valence-corrected chi connectivity index (χ3v) is 7.29. The zero-order valence-electron chi connectivity index (χ0n) is 21.6. The molecular weight excluding hydrogens is 511 g/mol. The van der Waals surface area contributed by atoms with Crippen LogP contribution in [0.5, 0.6) is 28.7 Å². The zero-order valence-corrected chi connectivity index (χ0v) is 21.6. The number of nitrogens with zero attached hydrogens (tertiary/aromatic N) is 1. The van der Waals surface area contributed by atoms with Gasteiger partial charge in [-0.15, -0.1) is 13.2 Å². The monoisotopic (exact) mass is 538 g/mol. The van der Waals surface area contributed by atoms with Gasteiger partial charge in [0, 0.05) is 17.4 Å². The molecule has 9 heteroatoms. The predicted octanol–water partition coefficient (Wildman–Crippen LogP) is 6.17. The maximum atomic E-state index is 12.5. The predicted molar refractivity (Wildman–Crippen MR) is 138 cm³/mol. The number of alkyl halides is 3. The number of aromatic nitrogens is 1. The Bertz CT molecular complexity index is 1550. The van der Waals surface area contributed by atoms with Crippen LogP contribution in [0.25, 0.3) is 22.0 Å². The van der Waals surface area contributed by atoms with Gasteiger partial charge in [-0.3, -0.25) is 0 Å². The molecule has 0 radical (unpaired) electrons. The summed E-state index contributed by atoms with van der Waals surface area (Å²) in [7, 11) is 3.27. The molecule has 1 aromatic heterocycles. The Kier molecular flexibility index (Phi) is 6.37. The van der Waals surface area contributed by atoms with Crippen molar-refractivity contribution in [3.05, 3.63) is 71.4 Å². The van der Waals surface area contributed by atoms with E-state index in [9.17, 15) is 13.2 Å². The van der Waals surface area contributed by atoms with Crippen molar-refractivity contribution >= 4 is 10.8 Å². The Morgan fingerprint density at radius 1 is 0.897 bits per heavy atom. The van der Waals surface area contributed by atoms with Crippen molar-refractivity contribution in [2.75, 3.05) is 21.0 Å². The molecule has 0 bridgehead atoms. The first-order valence-electron chi connectivity index (χ1n) is 12.7. The van der Waals surface area contributed by atoms with Gasteiger partial charge >= 0.3 is 6.36 Å². The van der Waals surface area contributed by atoms with Gasteiger partial charge in [0.2, 0.25) is 12.5 Å². The van der Waals surface area contributed by atoms with Crippen molar-refractivity contribution in [1.82, 2.24) is 0 Å². The van der Waals surface area contributed by atoms with Crippen LogP contribution in [0.2, 0.25) is 0 Å². The summed E-state index contributed by atoms with van der Waals surface area (Å²) in [4.78, 5) is 0. The van der Waals surface area contributed by atoms with Crippen LogP contribution >= 0.6 is 0 Å². The first-order chi connectivity index (χ1) is 18.8. The fourth-order valence-corrected chi connectivity index (χ4v) is 5.59. The molecule has 0 atom stereocenters. The largest absolute Gasteiger partial charge is 0.573 e. The van der Waals surface area contributed by atoms with E-state index in [0.717, 1.165) is 64.9 Å². The normalized spacial score (nSPS) is 13.7. The summed E-state index contributed by atoms with van der Waals surface area (Å²) < 4.78 is 66.5. The van der Waals surface area contributed by atoms with E-state index in [0.29, 0.717) is 17.9 Å². The van der Waals surface area contributed by atoms with Crippen LogP contribution in [0.15, 0.2) is 54.7 Å². The van der Waals surface area contributed by atoms with E-state index in [-0.39, 0.29) is 12.5 Å². The van der Waals surface area contributed by atoms with Crippen molar-refractivity contribution in [1.29, 1.82) is 0 Å². The maximum Gasteiger partial charge on any atom is 0.573 e. The highest BCUT2D eigenvalue weighted by molar-refractivity contribution is 5.95. The number of ether oxygens (including phenoxy) is 5. The van der Waals surface area contributed by atoms with E-state index < -0.39 is 6.36 Å². The molecule has 4 aromatic rings. The topological polar surface area (TPSA) is 50.0 Å². The number of fused-ring (bicyclic) bond motifs is 5. The second-order valence-electron chi connectivity index (χ2n) is 9.57. The molecule has 0 N–H and O–H groups in total. The van der Waals surface area contributed by atoms with Crippen LogP contribution in [0.3, 0.4) is 0 Å². The highest BCUT2D eigenvalue weighted by atomic mass is 19.4. The van der Waals surface area contributed by atoms with Crippen LogP contribution < -0.4 is 28.3 Å². The fourth-order valence-electron chi connectivity index (χ4n) is 5.59. The molecular formula is C30H27F3NO5+. The number of aryl methyl sites for hydroxylation is 4. The molecule has 0 saturated carbocycles. The quantitative estimate of drug-likeness (QED) is 0.264. The average Bonchev–Trinajstić information content (AvgIpc) is 3.38. The summed E-state index contributed by atoms with van der Waals surface area (Å²) in [6.07, 6.45) is 0.514. The molecule has 0 saturated heterocycles. The fraction of sp³-hybridized carbons (Fsp3) is 0.300. The van der Waals surface area contributed by atoms with Gasteiger partial charge in [-0.1, -0.05) is 12.1 Å². The minimum atomic E-state index is -4.70.